The zero-order valence-corrected chi connectivity index (χ0v) is 9.83. The number of hydrogen-bond acceptors (Lipinski definition) is 5. The largest absolute Gasteiger partial charge is 0.466 e. The molecule has 0 aromatic carbocycles. The molecule has 16 heavy (non-hydrogen) atoms. The summed E-state index contributed by atoms with van der Waals surface area (Å²) in [5.74, 6) is -0.107. The van der Waals surface area contributed by atoms with Crippen LogP contribution in [0.4, 0.5) is 0 Å². The molecule has 0 spiro atoms. The molecular formula is C11H20N2O3. The van der Waals surface area contributed by atoms with Gasteiger partial charge < -0.3 is 14.8 Å². The van der Waals surface area contributed by atoms with Gasteiger partial charge in [-0.05, 0) is 6.92 Å². The lowest BCUT2D eigenvalue weighted by molar-refractivity contribution is -0.171. The molecule has 2 aliphatic heterocycles. The van der Waals surface area contributed by atoms with Crippen molar-refractivity contribution in [1.82, 2.24) is 10.2 Å². The van der Waals surface area contributed by atoms with Gasteiger partial charge in [-0.15, -0.1) is 0 Å². The number of hydrogen-bond donors (Lipinski definition) is 1. The van der Waals surface area contributed by atoms with Crippen molar-refractivity contribution in [3.63, 3.8) is 0 Å². The third-order valence-electron chi connectivity index (χ3n) is 3.31. The average Bonchev–Trinajstić information content (AvgIpc) is 2.25. The Morgan fingerprint density at radius 1 is 1.44 bits per heavy atom. The van der Waals surface area contributed by atoms with Crippen LogP contribution >= 0.6 is 0 Å². The van der Waals surface area contributed by atoms with E-state index in [1.165, 1.54) is 0 Å². The van der Waals surface area contributed by atoms with E-state index in [1.807, 2.05) is 6.92 Å². The molecule has 0 aromatic rings. The van der Waals surface area contributed by atoms with Crippen LogP contribution in [0.5, 0.6) is 0 Å². The fourth-order valence-corrected chi connectivity index (χ4v) is 2.35. The van der Waals surface area contributed by atoms with Gasteiger partial charge in [-0.1, -0.05) is 0 Å². The number of esters is 1. The summed E-state index contributed by atoms with van der Waals surface area (Å²) in [7, 11) is 0. The van der Waals surface area contributed by atoms with Crippen LogP contribution < -0.4 is 5.32 Å². The van der Waals surface area contributed by atoms with Crippen LogP contribution in [0.1, 0.15) is 13.3 Å². The Morgan fingerprint density at radius 3 is 2.62 bits per heavy atom. The zero-order valence-electron chi connectivity index (χ0n) is 9.83. The van der Waals surface area contributed by atoms with E-state index >= 15 is 0 Å². The van der Waals surface area contributed by atoms with E-state index in [2.05, 4.69) is 10.2 Å². The first-order chi connectivity index (χ1) is 7.77. The summed E-state index contributed by atoms with van der Waals surface area (Å²) in [6.45, 7) is 7.57. The summed E-state index contributed by atoms with van der Waals surface area (Å²) >= 11 is 0. The van der Waals surface area contributed by atoms with Crippen LogP contribution in [0.3, 0.4) is 0 Å². The Bertz CT molecular complexity index is 248. The van der Waals surface area contributed by atoms with Crippen LogP contribution in [0.15, 0.2) is 0 Å². The molecule has 0 aliphatic carbocycles. The highest BCUT2D eigenvalue weighted by molar-refractivity contribution is 5.71. The zero-order chi connectivity index (χ0) is 11.4. The molecule has 0 bridgehead atoms. The molecular weight excluding hydrogens is 208 g/mol. The number of nitrogens with one attached hydrogen (secondary N) is 1. The number of nitrogens with zero attached hydrogens (tertiary/aromatic N) is 1. The van der Waals surface area contributed by atoms with Gasteiger partial charge in [0.05, 0.1) is 31.8 Å². The van der Waals surface area contributed by atoms with Gasteiger partial charge in [0, 0.05) is 26.2 Å². The monoisotopic (exact) mass is 228 g/mol. The summed E-state index contributed by atoms with van der Waals surface area (Å²) in [4.78, 5) is 13.9. The van der Waals surface area contributed by atoms with Crippen molar-refractivity contribution in [2.75, 3.05) is 46.0 Å². The lowest BCUT2D eigenvalue weighted by Crippen LogP contribution is -2.66. The van der Waals surface area contributed by atoms with E-state index in [0.717, 1.165) is 26.2 Å². The first-order valence-electron chi connectivity index (χ1n) is 5.96. The molecule has 2 rings (SSSR count). The number of ether oxygens (including phenoxy) is 2. The maximum atomic E-state index is 11.6. The number of piperazine rings is 1. The highest BCUT2D eigenvalue weighted by atomic mass is 16.5. The van der Waals surface area contributed by atoms with Crippen molar-refractivity contribution in [3.05, 3.63) is 0 Å². The predicted octanol–water partition coefficient (Wildman–Crippen LogP) is -0.386. The van der Waals surface area contributed by atoms with Crippen LogP contribution in [0, 0.1) is 0 Å². The minimum Gasteiger partial charge on any atom is -0.466 e. The number of carbonyl (C=O) groups is 1. The van der Waals surface area contributed by atoms with Crippen molar-refractivity contribution in [3.8, 4) is 0 Å². The summed E-state index contributed by atoms with van der Waals surface area (Å²) in [6.07, 6.45) is 0.459. The second kappa shape index (κ2) is 5.12. The average molecular weight is 228 g/mol. The van der Waals surface area contributed by atoms with Crippen molar-refractivity contribution >= 4 is 5.97 Å². The smallest absolute Gasteiger partial charge is 0.307 e. The quantitative estimate of drug-likeness (QED) is 0.664. The lowest BCUT2D eigenvalue weighted by Gasteiger charge is -2.50. The molecule has 5 heteroatoms. The Morgan fingerprint density at radius 2 is 2.12 bits per heavy atom. The van der Waals surface area contributed by atoms with E-state index in [-0.39, 0.29) is 11.5 Å². The normalized spacial score (nSPS) is 24.8. The molecule has 0 atom stereocenters. The van der Waals surface area contributed by atoms with Crippen molar-refractivity contribution in [2.45, 2.75) is 18.9 Å². The standard InChI is InChI=1S/C11H20N2O3/c1-2-16-10(14)7-11(8-15-9-11)13-5-3-12-4-6-13/h12H,2-9H2,1H3. The van der Waals surface area contributed by atoms with Gasteiger partial charge in [0.15, 0.2) is 0 Å². The molecule has 0 unspecified atom stereocenters. The van der Waals surface area contributed by atoms with Crippen molar-refractivity contribution in [1.29, 1.82) is 0 Å². The molecule has 5 nitrogen and oxygen atoms in total. The SMILES string of the molecule is CCOC(=O)CC1(N2CCNCC2)COC1. The summed E-state index contributed by atoms with van der Waals surface area (Å²) in [5.41, 5.74) is -0.0889. The molecule has 2 fully saturated rings. The Kier molecular flexibility index (Phi) is 3.78. The topological polar surface area (TPSA) is 50.8 Å². The first-order valence-corrected chi connectivity index (χ1v) is 5.96. The van der Waals surface area contributed by atoms with Gasteiger partial charge in [-0.25, -0.2) is 0 Å². The second-order valence-electron chi connectivity index (χ2n) is 4.44. The molecule has 92 valence electrons. The van der Waals surface area contributed by atoms with Gasteiger partial charge in [-0.3, -0.25) is 9.69 Å². The van der Waals surface area contributed by atoms with Gasteiger partial charge in [0.2, 0.25) is 0 Å². The van der Waals surface area contributed by atoms with Gasteiger partial charge in [0.25, 0.3) is 0 Å². The van der Waals surface area contributed by atoms with E-state index < -0.39 is 0 Å². The van der Waals surface area contributed by atoms with Gasteiger partial charge in [0.1, 0.15) is 0 Å². The lowest BCUT2D eigenvalue weighted by atomic mass is 9.90. The fraction of sp³-hybridized carbons (Fsp3) is 0.909. The first kappa shape index (κ1) is 11.8. The third-order valence-corrected chi connectivity index (χ3v) is 3.31. The van der Waals surface area contributed by atoms with E-state index in [0.29, 0.717) is 26.2 Å². The Hall–Kier alpha value is -0.650. The van der Waals surface area contributed by atoms with Gasteiger partial charge >= 0.3 is 5.97 Å². The fourth-order valence-electron chi connectivity index (χ4n) is 2.35. The summed E-state index contributed by atoms with van der Waals surface area (Å²) in [6, 6.07) is 0. The minimum atomic E-state index is -0.107. The maximum Gasteiger partial charge on any atom is 0.307 e. The molecule has 0 amide bonds. The highest BCUT2D eigenvalue weighted by Gasteiger charge is 2.46. The molecule has 2 saturated heterocycles. The third kappa shape index (κ3) is 2.36. The molecule has 0 radical (unpaired) electrons. The van der Waals surface area contributed by atoms with Gasteiger partial charge in [-0.2, -0.15) is 0 Å². The molecule has 0 saturated carbocycles. The molecule has 0 aromatic heterocycles. The maximum absolute atomic E-state index is 11.6. The van der Waals surface area contributed by atoms with Crippen molar-refractivity contribution in [2.24, 2.45) is 0 Å². The molecule has 2 heterocycles. The van der Waals surface area contributed by atoms with Crippen LogP contribution in [-0.4, -0.2) is 62.4 Å². The molecule has 2 aliphatic rings. The van der Waals surface area contributed by atoms with Crippen molar-refractivity contribution < 1.29 is 14.3 Å². The van der Waals surface area contributed by atoms with Crippen LogP contribution in [-0.2, 0) is 14.3 Å². The second-order valence-corrected chi connectivity index (χ2v) is 4.44. The van der Waals surface area contributed by atoms with E-state index in [1.54, 1.807) is 0 Å². The summed E-state index contributed by atoms with van der Waals surface area (Å²) in [5, 5.41) is 3.31. The van der Waals surface area contributed by atoms with Crippen LogP contribution in [0.25, 0.3) is 0 Å². The highest BCUT2D eigenvalue weighted by Crippen LogP contribution is 2.29. The summed E-state index contributed by atoms with van der Waals surface area (Å²) < 4.78 is 10.3. The predicted molar refractivity (Wildman–Crippen MR) is 59.2 cm³/mol. The van der Waals surface area contributed by atoms with E-state index in [9.17, 15) is 4.79 Å². The molecule has 1 N–H and O–H groups in total. The minimum absolute atomic E-state index is 0.0889. The Balaban J connectivity index is 1.92. The van der Waals surface area contributed by atoms with E-state index in [4.69, 9.17) is 9.47 Å². The number of carbonyl (C=O) groups excluding carboxylic acids is 1. The van der Waals surface area contributed by atoms with Crippen LogP contribution in [0.2, 0.25) is 0 Å². The number of rotatable bonds is 4. The Labute approximate surface area is 96.1 Å².